The van der Waals surface area contributed by atoms with E-state index in [1.807, 2.05) is 0 Å². The lowest BCUT2D eigenvalue weighted by molar-refractivity contribution is -0.137. The Morgan fingerprint density at radius 2 is 2.00 bits per heavy atom. The van der Waals surface area contributed by atoms with E-state index in [-0.39, 0.29) is 24.6 Å². The van der Waals surface area contributed by atoms with Gasteiger partial charge in [0.05, 0.1) is 12.5 Å². The molecule has 1 aromatic heterocycles. The summed E-state index contributed by atoms with van der Waals surface area (Å²) in [7, 11) is 0. The molecule has 0 bridgehead atoms. The molecule has 1 rings (SSSR count). The highest BCUT2D eigenvalue weighted by Crippen LogP contribution is 2.08. The number of amides is 1. The maximum atomic E-state index is 12.0. The van der Waals surface area contributed by atoms with Gasteiger partial charge in [0.15, 0.2) is 0 Å². The summed E-state index contributed by atoms with van der Waals surface area (Å²) in [6, 6.07) is -0.903. The van der Waals surface area contributed by atoms with Gasteiger partial charge in [0.1, 0.15) is 5.60 Å². The molecule has 0 fully saturated rings. The summed E-state index contributed by atoms with van der Waals surface area (Å²) in [5.74, 6) is -1.73. The van der Waals surface area contributed by atoms with E-state index in [4.69, 9.17) is 14.4 Å². The van der Waals surface area contributed by atoms with Crippen LogP contribution < -0.4 is 5.32 Å². The molecule has 0 aliphatic carbocycles. The van der Waals surface area contributed by atoms with Gasteiger partial charge in [-0.15, -0.1) is 0 Å². The van der Waals surface area contributed by atoms with Crippen molar-refractivity contribution in [2.45, 2.75) is 52.2 Å². The van der Waals surface area contributed by atoms with Crippen LogP contribution in [0.3, 0.4) is 0 Å². The summed E-state index contributed by atoms with van der Waals surface area (Å²) in [5.41, 5.74) is -0.678. The third-order valence-electron chi connectivity index (χ3n) is 2.37. The molecule has 0 saturated heterocycles. The molecular weight excluding hydrogens is 294 g/mol. The van der Waals surface area contributed by atoms with E-state index >= 15 is 0 Å². The van der Waals surface area contributed by atoms with E-state index in [9.17, 15) is 14.4 Å². The minimum Gasteiger partial charge on any atom is -0.481 e. The molecule has 0 aliphatic rings. The Balaban J connectivity index is 2.59. The Kier molecular flexibility index (Phi) is 5.61. The van der Waals surface area contributed by atoms with Gasteiger partial charge >= 0.3 is 12.1 Å². The fourth-order valence-electron chi connectivity index (χ4n) is 1.41. The molecule has 0 spiro atoms. The van der Waals surface area contributed by atoms with Gasteiger partial charge < -0.3 is 19.7 Å². The minimum absolute atomic E-state index is 0.0312. The molecule has 2 N–H and O–H groups in total. The molecule has 0 unspecified atom stereocenters. The lowest BCUT2D eigenvalue weighted by Gasteiger charge is -2.21. The topological polar surface area (TPSA) is 132 Å². The molecule has 0 radical (unpaired) electrons. The number of hydrogen-bond donors (Lipinski definition) is 2. The number of alkyl carbamates (subject to hydrolysis) is 1. The van der Waals surface area contributed by atoms with Gasteiger partial charge in [-0.2, -0.15) is 4.98 Å². The van der Waals surface area contributed by atoms with Crippen molar-refractivity contribution in [2.24, 2.45) is 0 Å². The number of carbonyl (C=O) groups excluding carboxylic acids is 2. The van der Waals surface area contributed by atoms with E-state index in [0.717, 1.165) is 0 Å². The monoisotopic (exact) mass is 313 g/mol. The predicted octanol–water partition coefficient (Wildman–Crippen LogP) is 1.18. The number of ether oxygens (including phenoxy) is 1. The molecule has 0 saturated carbocycles. The van der Waals surface area contributed by atoms with Crippen LogP contribution in [-0.4, -0.2) is 44.7 Å². The molecule has 9 nitrogen and oxygen atoms in total. The molecular formula is C13H19N3O6. The Morgan fingerprint density at radius 1 is 1.36 bits per heavy atom. The SMILES string of the molecule is C[C@H](NC(=O)OC(C)(C)C)C(=O)c1noc(CCC(=O)O)n1. The van der Waals surface area contributed by atoms with Crippen molar-refractivity contribution < 1.29 is 28.8 Å². The normalized spacial score (nSPS) is 12.5. The molecule has 1 atom stereocenters. The molecule has 1 amide bonds. The second kappa shape index (κ2) is 7.01. The number of rotatable bonds is 6. The fraction of sp³-hybridized carbons (Fsp3) is 0.615. The van der Waals surface area contributed by atoms with Gasteiger partial charge in [0.25, 0.3) is 0 Å². The summed E-state index contributed by atoms with van der Waals surface area (Å²) in [4.78, 5) is 37.8. The third kappa shape index (κ3) is 5.90. The first kappa shape index (κ1) is 17.6. The predicted molar refractivity (Wildman–Crippen MR) is 73.4 cm³/mol. The van der Waals surface area contributed by atoms with Gasteiger partial charge in [-0.25, -0.2) is 4.79 Å². The number of carboxylic acid groups (broad SMARTS) is 1. The van der Waals surface area contributed by atoms with Crippen LogP contribution in [0.25, 0.3) is 0 Å². The minimum atomic E-state index is -1.01. The summed E-state index contributed by atoms with van der Waals surface area (Å²) in [6.45, 7) is 6.56. The molecule has 1 aromatic rings. The van der Waals surface area contributed by atoms with E-state index < -0.39 is 29.5 Å². The zero-order chi connectivity index (χ0) is 16.9. The number of hydrogen-bond acceptors (Lipinski definition) is 7. The third-order valence-corrected chi connectivity index (χ3v) is 2.37. The van der Waals surface area contributed by atoms with Crippen LogP contribution in [0.15, 0.2) is 4.52 Å². The molecule has 1 heterocycles. The summed E-state index contributed by atoms with van der Waals surface area (Å²) in [6.07, 6.45) is -0.881. The molecule has 0 aliphatic heterocycles. The first-order valence-electron chi connectivity index (χ1n) is 6.66. The van der Waals surface area contributed by atoms with Crippen molar-refractivity contribution in [1.82, 2.24) is 15.5 Å². The van der Waals surface area contributed by atoms with Gasteiger partial charge in [0, 0.05) is 6.42 Å². The molecule has 0 aromatic carbocycles. The number of aryl methyl sites for hydroxylation is 1. The number of carbonyl (C=O) groups is 3. The van der Waals surface area contributed by atoms with Crippen LogP contribution in [0, 0.1) is 0 Å². The van der Waals surface area contributed by atoms with E-state index in [1.54, 1.807) is 20.8 Å². The number of ketones is 1. The van der Waals surface area contributed by atoms with E-state index in [2.05, 4.69) is 15.5 Å². The van der Waals surface area contributed by atoms with Crippen molar-refractivity contribution in [3.05, 3.63) is 11.7 Å². The van der Waals surface area contributed by atoms with Crippen molar-refractivity contribution in [2.75, 3.05) is 0 Å². The number of aromatic nitrogens is 2. The second-order valence-corrected chi connectivity index (χ2v) is 5.64. The number of nitrogens with zero attached hydrogens (tertiary/aromatic N) is 2. The molecule has 122 valence electrons. The Bertz CT molecular complexity index is 560. The number of nitrogens with one attached hydrogen (secondary N) is 1. The lowest BCUT2D eigenvalue weighted by atomic mass is 10.2. The highest BCUT2D eigenvalue weighted by atomic mass is 16.6. The van der Waals surface area contributed by atoms with Crippen molar-refractivity contribution in [1.29, 1.82) is 0 Å². The van der Waals surface area contributed by atoms with Crippen molar-refractivity contribution in [3.63, 3.8) is 0 Å². The lowest BCUT2D eigenvalue weighted by Crippen LogP contribution is -2.42. The van der Waals surface area contributed by atoms with Crippen LogP contribution in [0.4, 0.5) is 4.79 Å². The van der Waals surface area contributed by atoms with E-state index in [0.29, 0.717) is 0 Å². The largest absolute Gasteiger partial charge is 0.481 e. The zero-order valence-electron chi connectivity index (χ0n) is 12.9. The summed E-state index contributed by atoms with van der Waals surface area (Å²) in [5, 5.41) is 14.4. The van der Waals surface area contributed by atoms with Crippen molar-refractivity contribution >= 4 is 17.8 Å². The molecule has 9 heteroatoms. The Morgan fingerprint density at radius 3 is 2.55 bits per heavy atom. The second-order valence-electron chi connectivity index (χ2n) is 5.64. The fourth-order valence-corrected chi connectivity index (χ4v) is 1.41. The first-order valence-corrected chi connectivity index (χ1v) is 6.66. The Hall–Kier alpha value is -2.45. The maximum absolute atomic E-state index is 12.0. The zero-order valence-corrected chi connectivity index (χ0v) is 12.9. The first-order chi connectivity index (χ1) is 10.1. The summed E-state index contributed by atoms with van der Waals surface area (Å²) < 4.78 is 9.82. The van der Waals surface area contributed by atoms with Gasteiger partial charge in [0.2, 0.25) is 17.5 Å². The highest BCUT2D eigenvalue weighted by Gasteiger charge is 2.25. The van der Waals surface area contributed by atoms with Crippen LogP contribution in [0.5, 0.6) is 0 Å². The van der Waals surface area contributed by atoms with Gasteiger partial charge in [-0.3, -0.25) is 9.59 Å². The average Bonchev–Trinajstić information content (AvgIpc) is 2.81. The molecule has 22 heavy (non-hydrogen) atoms. The maximum Gasteiger partial charge on any atom is 0.408 e. The van der Waals surface area contributed by atoms with Crippen molar-refractivity contribution in [3.8, 4) is 0 Å². The Labute approximate surface area is 127 Å². The quantitative estimate of drug-likeness (QED) is 0.748. The van der Waals surface area contributed by atoms with Crippen LogP contribution >= 0.6 is 0 Å². The van der Waals surface area contributed by atoms with E-state index in [1.165, 1.54) is 6.92 Å². The standard InChI is InChI=1S/C13H19N3O6/c1-7(14-12(20)21-13(2,3)4)10(19)11-15-8(22-16-11)5-6-9(17)18/h7H,5-6H2,1-4H3,(H,14,20)(H,17,18)/t7-/m0/s1. The smallest absolute Gasteiger partial charge is 0.408 e. The van der Waals surface area contributed by atoms with Gasteiger partial charge in [-0.05, 0) is 27.7 Å². The number of carboxylic acids is 1. The van der Waals surface area contributed by atoms with Crippen LogP contribution in [-0.2, 0) is 16.0 Å². The van der Waals surface area contributed by atoms with Crippen LogP contribution in [0.2, 0.25) is 0 Å². The average molecular weight is 313 g/mol. The summed E-state index contributed by atoms with van der Waals surface area (Å²) >= 11 is 0. The number of Topliss-reactive ketones (excluding diaryl/α,β-unsaturated/α-hetero) is 1. The van der Waals surface area contributed by atoms with Crippen LogP contribution in [0.1, 0.15) is 50.6 Å². The highest BCUT2D eigenvalue weighted by molar-refractivity contribution is 5.98. The number of aliphatic carboxylic acids is 1. The van der Waals surface area contributed by atoms with Gasteiger partial charge in [-0.1, -0.05) is 5.16 Å².